The zero-order valence-corrected chi connectivity index (χ0v) is 19.6. The molecular formula is C28H46O2. The summed E-state index contributed by atoms with van der Waals surface area (Å²) in [7, 11) is 0. The molecule has 0 spiro atoms. The fraction of sp³-hybridized carbons (Fsp3) is 0.929. The molecule has 5 aliphatic carbocycles. The maximum atomic E-state index is 10.6. The molecule has 7 unspecified atom stereocenters. The highest BCUT2D eigenvalue weighted by molar-refractivity contribution is 5.25. The van der Waals surface area contributed by atoms with Crippen molar-refractivity contribution in [3.63, 3.8) is 0 Å². The second-order valence-electron chi connectivity index (χ2n) is 12.5. The Hall–Kier alpha value is -0.340. The van der Waals surface area contributed by atoms with Crippen molar-refractivity contribution in [1.29, 1.82) is 0 Å². The number of aliphatic hydroxyl groups is 2. The molecule has 0 aromatic rings. The van der Waals surface area contributed by atoms with Crippen LogP contribution in [0.25, 0.3) is 0 Å². The Bertz CT molecular complexity index is 649. The molecule has 5 rings (SSSR count). The molecule has 4 fully saturated rings. The summed E-state index contributed by atoms with van der Waals surface area (Å²) >= 11 is 0. The fourth-order valence-electron chi connectivity index (χ4n) is 9.38. The molecule has 2 heteroatoms. The summed E-state index contributed by atoms with van der Waals surface area (Å²) in [4.78, 5) is 0. The Labute approximate surface area is 184 Å². The van der Waals surface area contributed by atoms with Crippen molar-refractivity contribution in [3.05, 3.63) is 11.6 Å². The lowest BCUT2D eigenvalue weighted by Crippen LogP contribution is -2.50. The third kappa shape index (κ3) is 3.53. The predicted molar refractivity (Wildman–Crippen MR) is 123 cm³/mol. The lowest BCUT2D eigenvalue weighted by Gasteiger charge is -2.58. The lowest BCUT2D eigenvalue weighted by molar-refractivity contribution is -0.0512. The van der Waals surface area contributed by atoms with Crippen LogP contribution < -0.4 is 0 Å². The van der Waals surface area contributed by atoms with Crippen molar-refractivity contribution in [3.8, 4) is 0 Å². The molecule has 0 aliphatic heterocycles. The number of rotatable bonds is 5. The van der Waals surface area contributed by atoms with Crippen LogP contribution in [0.5, 0.6) is 0 Å². The standard InChI is InChI=1S/C28H46O2/c1-27-17-15-25-23(12-10-21-18-22(29)14-16-28(21,25)2)24(27)13-11-20(27)8-5-9-26(30)19-6-3-4-7-19/h10,19-20,22-26,29-30H,3-9,11-18H2,1-2H3/t20?,22?,23?,24?,25?,26?,27?,28-/m0/s1. The molecule has 0 heterocycles. The summed E-state index contributed by atoms with van der Waals surface area (Å²) in [5.41, 5.74) is 2.50. The number of fused-ring (bicyclic) bond motifs is 5. The molecule has 0 radical (unpaired) electrons. The van der Waals surface area contributed by atoms with E-state index < -0.39 is 0 Å². The van der Waals surface area contributed by atoms with Gasteiger partial charge in [-0.1, -0.05) is 44.8 Å². The van der Waals surface area contributed by atoms with Crippen molar-refractivity contribution >= 4 is 0 Å². The smallest absolute Gasteiger partial charge is 0.0577 e. The first-order chi connectivity index (χ1) is 14.4. The van der Waals surface area contributed by atoms with E-state index in [1.807, 2.05) is 0 Å². The Morgan fingerprint density at radius 3 is 2.60 bits per heavy atom. The van der Waals surface area contributed by atoms with Gasteiger partial charge >= 0.3 is 0 Å². The molecule has 0 aromatic heterocycles. The van der Waals surface area contributed by atoms with Crippen molar-refractivity contribution in [2.45, 2.75) is 122 Å². The van der Waals surface area contributed by atoms with Gasteiger partial charge in [-0.3, -0.25) is 0 Å². The molecule has 5 aliphatic rings. The molecule has 4 saturated carbocycles. The zero-order valence-electron chi connectivity index (χ0n) is 19.6. The first-order valence-corrected chi connectivity index (χ1v) is 13.5. The van der Waals surface area contributed by atoms with E-state index in [0.717, 1.165) is 42.9 Å². The zero-order chi connectivity index (χ0) is 20.9. The molecule has 2 nitrogen and oxygen atoms in total. The Morgan fingerprint density at radius 1 is 1.00 bits per heavy atom. The van der Waals surface area contributed by atoms with Gasteiger partial charge in [0.15, 0.2) is 0 Å². The summed E-state index contributed by atoms with van der Waals surface area (Å²) in [6.45, 7) is 5.19. The minimum atomic E-state index is -0.0924. The van der Waals surface area contributed by atoms with Gasteiger partial charge in [-0.2, -0.15) is 0 Å². The van der Waals surface area contributed by atoms with Crippen LogP contribution in [0.2, 0.25) is 0 Å². The van der Waals surface area contributed by atoms with Gasteiger partial charge in [0.25, 0.3) is 0 Å². The SMILES string of the molecule is CC12CCC3C(CC=C4CC(O)CC[C@@]43C)C1CCC2CCCC(O)C1CCCC1. The molecule has 30 heavy (non-hydrogen) atoms. The number of hydrogen-bond acceptors (Lipinski definition) is 2. The summed E-state index contributed by atoms with van der Waals surface area (Å²) in [5, 5.41) is 20.8. The highest BCUT2D eigenvalue weighted by Crippen LogP contribution is 2.66. The minimum absolute atomic E-state index is 0.0308. The van der Waals surface area contributed by atoms with Gasteiger partial charge in [0.05, 0.1) is 12.2 Å². The van der Waals surface area contributed by atoms with E-state index in [-0.39, 0.29) is 12.2 Å². The van der Waals surface area contributed by atoms with E-state index in [9.17, 15) is 10.2 Å². The van der Waals surface area contributed by atoms with E-state index in [1.54, 1.807) is 5.57 Å². The van der Waals surface area contributed by atoms with E-state index >= 15 is 0 Å². The Kier molecular flexibility index (Phi) is 5.89. The lowest BCUT2D eigenvalue weighted by atomic mass is 9.47. The Balaban J connectivity index is 1.23. The molecule has 170 valence electrons. The summed E-state index contributed by atoms with van der Waals surface area (Å²) < 4.78 is 0. The van der Waals surface area contributed by atoms with Gasteiger partial charge in [-0.05, 0) is 117 Å². The molecule has 0 bridgehead atoms. The number of aliphatic hydroxyl groups excluding tert-OH is 2. The van der Waals surface area contributed by atoms with Crippen LogP contribution in [0, 0.1) is 40.4 Å². The van der Waals surface area contributed by atoms with Crippen molar-refractivity contribution in [2.24, 2.45) is 40.4 Å². The summed E-state index contributed by atoms with van der Waals surface area (Å²) in [5.74, 6) is 4.12. The third-order valence-corrected chi connectivity index (χ3v) is 11.3. The van der Waals surface area contributed by atoms with Gasteiger partial charge in [-0.15, -0.1) is 0 Å². The van der Waals surface area contributed by atoms with Gasteiger partial charge in [-0.25, -0.2) is 0 Å². The van der Waals surface area contributed by atoms with Crippen LogP contribution in [0.3, 0.4) is 0 Å². The highest BCUT2D eigenvalue weighted by atomic mass is 16.3. The van der Waals surface area contributed by atoms with Crippen LogP contribution in [0.1, 0.15) is 110 Å². The quantitative estimate of drug-likeness (QED) is 0.495. The molecule has 0 saturated heterocycles. The van der Waals surface area contributed by atoms with Gasteiger partial charge in [0.1, 0.15) is 0 Å². The predicted octanol–water partition coefficient (Wildman–Crippen LogP) is 6.65. The van der Waals surface area contributed by atoms with Crippen LogP contribution in [0.15, 0.2) is 11.6 Å². The van der Waals surface area contributed by atoms with E-state index in [0.29, 0.717) is 16.7 Å². The van der Waals surface area contributed by atoms with Gasteiger partial charge in [0, 0.05) is 0 Å². The average Bonchev–Trinajstić information content (AvgIpc) is 3.37. The fourth-order valence-corrected chi connectivity index (χ4v) is 9.38. The summed E-state index contributed by atoms with van der Waals surface area (Å²) in [6, 6.07) is 0. The van der Waals surface area contributed by atoms with Crippen molar-refractivity contribution in [2.75, 3.05) is 0 Å². The van der Waals surface area contributed by atoms with Gasteiger partial charge < -0.3 is 10.2 Å². The van der Waals surface area contributed by atoms with E-state index in [1.165, 1.54) is 77.0 Å². The molecule has 0 amide bonds. The monoisotopic (exact) mass is 414 g/mol. The van der Waals surface area contributed by atoms with Crippen LogP contribution >= 0.6 is 0 Å². The van der Waals surface area contributed by atoms with Crippen LogP contribution in [0.4, 0.5) is 0 Å². The molecule has 2 N–H and O–H groups in total. The van der Waals surface area contributed by atoms with E-state index in [4.69, 9.17) is 0 Å². The van der Waals surface area contributed by atoms with Crippen LogP contribution in [-0.4, -0.2) is 22.4 Å². The van der Waals surface area contributed by atoms with Crippen molar-refractivity contribution < 1.29 is 10.2 Å². The van der Waals surface area contributed by atoms with Crippen LogP contribution in [-0.2, 0) is 0 Å². The highest BCUT2D eigenvalue weighted by Gasteiger charge is 2.58. The van der Waals surface area contributed by atoms with Gasteiger partial charge in [0.2, 0.25) is 0 Å². The van der Waals surface area contributed by atoms with E-state index in [2.05, 4.69) is 19.9 Å². The minimum Gasteiger partial charge on any atom is -0.393 e. The molecular weight excluding hydrogens is 368 g/mol. The second kappa shape index (κ2) is 8.22. The maximum absolute atomic E-state index is 10.6. The number of hydrogen-bond donors (Lipinski definition) is 2. The third-order valence-electron chi connectivity index (χ3n) is 11.3. The first-order valence-electron chi connectivity index (χ1n) is 13.5. The maximum Gasteiger partial charge on any atom is 0.0577 e. The molecule has 8 atom stereocenters. The normalized spacial score (nSPS) is 47.3. The summed E-state index contributed by atoms with van der Waals surface area (Å²) in [6.07, 6.45) is 21.4. The first kappa shape index (κ1) is 21.5. The second-order valence-corrected chi connectivity index (χ2v) is 12.5. The average molecular weight is 415 g/mol. The largest absolute Gasteiger partial charge is 0.393 e. The van der Waals surface area contributed by atoms with Crippen molar-refractivity contribution in [1.82, 2.24) is 0 Å². The Morgan fingerprint density at radius 2 is 1.80 bits per heavy atom. The topological polar surface area (TPSA) is 40.5 Å². The molecule has 0 aromatic carbocycles. The number of allylic oxidation sites excluding steroid dienone is 1.